The zero-order valence-corrected chi connectivity index (χ0v) is 10.4. The lowest BCUT2D eigenvalue weighted by molar-refractivity contribution is 0.269. The number of benzene rings is 1. The van der Waals surface area contributed by atoms with E-state index in [1.807, 2.05) is 24.4 Å². The molecule has 0 spiro atoms. The first kappa shape index (κ1) is 11.5. The zero-order valence-electron chi connectivity index (χ0n) is 10.4. The van der Waals surface area contributed by atoms with E-state index in [4.69, 9.17) is 5.11 Å². The van der Waals surface area contributed by atoms with Gasteiger partial charge in [-0.15, -0.1) is 0 Å². The Morgan fingerprint density at radius 1 is 1.28 bits per heavy atom. The van der Waals surface area contributed by atoms with E-state index in [0.29, 0.717) is 5.92 Å². The molecule has 1 aromatic carbocycles. The molecule has 1 aromatic heterocycles. The van der Waals surface area contributed by atoms with Gasteiger partial charge < -0.3 is 5.11 Å². The molecule has 0 amide bonds. The Morgan fingerprint density at radius 3 is 2.89 bits per heavy atom. The molecule has 0 fully saturated rings. The summed E-state index contributed by atoms with van der Waals surface area (Å²) in [6.07, 6.45) is 6.30. The SMILES string of the molecule is OCC[C@@H]1CCCc2c1cnn2-c1ccccc1. The van der Waals surface area contributed by atoms with Crippen LogP contribution in [-0.2, 0) is 6.42 Å². The van der Waals surface area contributed by atoms with Crippen molar-refractivity contribution in [2.24, 2.45) is 0 Å². The zero-order chi connectivity index (χ0) is 12.4. The average Bonchev–Trinajstić information content (AvgIpc) is 2.85. The van der Waals surface area contributed by atoms with Gasteiger partial charge in [0.2, 0.25) is 0 Å². The van der Waals surface area contributed by atoms with Crippen molar-refractivity contribution in [3.05, 3.63) is 47.8 Å². The lowest BCUT2D eigenvalue weighted by Crippen LogP contribution is -2.13. The molecular weight excluding hydrogens is 224 g/mol. The third-order valence-electron chi connectivity index (χ3n) is 3.79. The second kappa shape index (κ2) is 4.94. The van der Waals surface area contributed by atoms with Crippen molar-refractivity contribution < 1.29 is 5.11 Å². The molecule has 1 atom stereocenters. The summed E-state index contributed by atoms with van der Waals surface area (Å²) in [4.78, 5) is 0. The molecule has 0 unspecified atom stereocenters. The molecule has 18 heavy (non-hydrogen) atoms. The van der Waals surface area contributed by atoms with Gasteiger partial charge in [0, 0.05) is 12.3 Å². The molecule has 0 saturated heterocycles. The van der Waals surface area contributed by atoms with E-state index in [-0.39, 0.29) is 6.61 Å². The van der Waals surface area contributed by atoms with Crippen LogP contribution in [-0.4, -0.2) is 21.5 Å². The maximum absolute atomic E-state index is 9.14. The molecule has 1 heterocycles. The minimum Gasteiger partial charge on any atom is -0.396 e. The van der Waals surface area contributed by atoms with Gasteiger partial charge in [0.05, 0.1) is 11.9 Å². The van der Waals surface area contributed by atoms with Crippen molar-refractivity contribution in [3.63, 3.8) is 0 Å². The first-order valence-corrected chi connectivity index (χ1v) is 6.63. The molecule has 0 bridgehead atoms. The first-order valence-electron chi connectivity index (χ1n) is 6.63. The number of fused-ring (bicyclic) bond motifs is 1. The third kappa shape index (κ3) is 1.95. The summed E-state index contributed by atoms with van der Waals surface area (Å²) in [7, 11) is 0. The monoisotopic (exact) mass is 242 g/mol. The van der Waals surface area contributed by atoms with Gasteiger partial charge in [0.15, 0.2) is 0 Å². The molecule has 2 aromatic rings. The Labute approximate surface area is 107 Å². The van der Waals surface area contributed by atoms with Crippen molar-refractivity contribution in [1.82, 2.24) is 9.78 Å². The number of hydrogen-bond donors (Lipinski definition) is 1. The number of aliphatic hydroxyl groups excluding tert-OH is 1. The van der Waals surface area contributed by atoms with Crippen molar-refractivity contribution in [2.45, 2.75) is 31.6 Å². The largest absolute Gasteiger partial charge is 0.396 e. The number of para-hydroxylation sites is 1. The van der Waals surface area contributed by atoms with Crippen LogP contribution in [0.15, 0.2) is 36.5 Å². The van der Waals surface area contributed by atoms with Crippen LogP contribution in [0, 0.1) is 0 Å². The minimum atomic E-state index is 0.265. The normalized spacial score (nSPS) is 18.6. The van der Waals surface area contributed by atoms with Gasteiger partial charge in [-0.2, -0.15) is 5.10 Å². The maximum atomic E-state index is 9.14. The molecule has 3 heteroatoms. The van der Waals surface area contributed by atoms with E-state index >= 15 is 0 Å². The second-order valence-corrected chi connectivity index (χ2v) is 4.90. The van der Waals surface area contributed by atoms with Crippen LogP contribution in [0.3, 0.4) is 0 Å². The van der Waals surface area contributed by atoms with Crippen LogP contribution in [0.2, 0.25) is 0 Å². The summed E-state index contributed by atoms with van der Waals surface area (Å²) >= 11 is 0. The van der Waals surface area contributed by atoms with Crippen LogP contribution in [0.1, 0.15) is 36.4 Å². The minimum absolute atomic E-state index is 0.265. The number of nitrogens with zero attached hydrogens (tertiary/aromatic N) is 2. The highest BCUT2D eigenvalue weighted by molar-refractivity contribution is 5.37. The Morgan fingerprint density at radius 2 is 2.11 bits per heavy atom. The topological polar surface area (TPSA) is 38.1 Å². The molecule has 94 valence electrons. The number of aromatic nitrogens is 2. The summed E-state index contributed by atoms with van der Waals surface area (Å²) in [5.74, 6) is 0.483. The van der Waals surface area contributed by atoms with E-state index in [9.17, 15) is 0 Å². The maximum Gasteiger partial charge on any atom is 0.0648 e. The molecule has 1 aliphatic carbocycles. The fraction of sp³-hybridized carbons (Fsp3) is 0.400. The van der Waals surface area contributed by atoms with E-state index in [2.05, 4.69) is 21.9 Å². The second-order valence-electron chi connectivity index (χ2n) is 4.90. The smallest absolute Gasteiger partial charge is 0.0648 e. The van der Waals surface area contributed by atoms with Gasteiger partial charge in [-0.25, -0.2) is 4.68 Å². The molecule has 1 aliphatic rings. The Bertz CT molecular complexity index is 519. The van der Waals surface area contributed by atoms with Crippen LogP contribution in [0.25, 0.3) is 5.69 Å². The number of rotatable bonds is 3. The Kier molecular flexibility index (Phi) is 3.15. The number of aliphatic hydroxyl groups is 1. The predicted octanol–water partition coefficient (Wildman–Crippen LogP) is 2.67. The standard InChI is InChI=1S/C15H18N2O/c18-10-9-12-5-4-8-15-14(12)11-16-17(15)13-6-2-1-3-7-13/h1-3,6-7,11-12,18H,4-5,8-10H2/t12-/m0/s1. The van der Waals surface area contributed by atoms with Gasteiger partial charge in [-0.05, 0) is 49.3 Å². The van der Waals surface area contributed by atoms with Crippen LogP contribution >= 0.6 is 0 Å². The van der Waals surface area contributed by atoms with Gasteiger partial charge in [0.1, 0.15) is 0 Å². The van der Waals surface area contributed by atoms with Crippen molar-refractivity contribution in [2.75, 3.05) is 6.61 Å². The summed E-state index contributed by atoms with van der Waals surface area (Å²) in [5.41, 5.74) is 3.79. The van der Waals surface area contributed by atoms with E-state index < -0.39 is 0 Å². The van der Waals surface area contributed by atoms with Crippen LogP contribution < -0.4 is 0 Å². The van der Waals surface area contributed by atoms with Crippen molar-refractivity contribution in [3.8, 4) is 5.69 Å². The summed E-state index contributed by atoms with van der Waals surface area (Å²) in [5, 5.41) is 13.7. The molecule has 1 N–H and O–H groups in total. The molecule has 3 nitrogen and oxygen atoms in total. The molecule has 3 rings (SSSR count). The quantitative estimate of drug-likeness (QED) is 0.898. The summed E-state index contributed by atoms with van der Waals surface area (Å²) in [6.45, 7) is 0.265. The fourth-order valence-corrected chi connectivity index (χ4v) is 2.90. The van der Waals surface area contributed by atoms with Gasteiger partial charge in [-0.1, -0.05) is 18.2 Å². The van der Waals surface area contributed by atoms with E-state index in [0.717, 1.165) is 18.5 Å². The van der Waals surface area contributed by atoms with Crippen molar-refractivity contribution in [1.29, 1.82) is 0 Å². The third-order valence-corrected chi connectivity index (χ3v) is 3.79. The van der Waals surface area contributed by atoms with Gasteiger partial charge in [-0.3, -0.25) is 0 Å². The van der Waals surface area contributed by atoms with E-state index in [1.165, 1.54) is 24.1 Å². The Balaban J connectivity index is 2.00. The first-order chi connectivity index (χ1) is 8.90. The highest BCUT2D eigenvalue weighted by atomic mass is 16.3. The summed E-state index contributed by atoms with van der Waals surface area (Å²) < 4.78 is 2.05. The number of hydrogen-bond acceptors (Lipinski definition) is 2. The highest BCUT2D eigenvalue weighted by Crippen LogP contribution is 2.34. The van der Waals surface area contributed by atoms with Crippen LogP contribution in [0.4, 0.5) is 0 Å². The van der Waals surface area contributed by atoms with Crippen LogP contribution in [0.5, 0.6) is 0 Å². The fourth-order valence-electron chi connectivity index (χ4n) is 2.90. The predicted molar refractivity (Wildman–Crippen MR) is 70.9 cm³/mol. The van der Waals surface area contributed by atoms with Gasteiger partial charge >= 0.3 is 0 Å². The Hall–Kier alpha value is -1.61. The van der Waals surface area contributed by atoms with Crippen molar-refractivity contribution >= 4 is 0 Å². The van der Waals surface area contributed by atoms with Gasteiger partial charge in [0.25, 0.3) is 0 Å². The summed E-state index contributed by atoms with van der Waals surface area (Å²) in [6, 6.07) is 10.3. The molecule has 0 aliphatic heterocycles. The molecular formula is C15H18N2O. The molecule has 0 radical (unpaired) electrons. The lowest BCUT2D eigenvalue weighted by atomic mass is 9.85. The lowest BCUT2D eigenvalue weighted by Gasteiger charge is -2.22. The molecule has 0 saturated carbocycles. The average molecular weight is 242 g/mol. The van der Waals surface area contributed by atoms with E-state index in [1.54, 1.807) is 0 Å². The highest BCUT2D eigenvalue weighted by Gasteiger charge is 2.24.